The molecule has 0 saturated heterocycles. The van der Waals surface area contributed by atoms with E-state index >= 15 is 0 Å². The van der Waals surface area contributed by atoms with E-state index in [0.717, 1.165) is 6.42 Å². The first-order valence-corrected chi connectivity index (χ1v) is 6.08. The molecule has 1 aromatic carbocycles. The maximum atomic E-state index is 9.54. The summed E-state index contributed by atoms with van der Waals surface area (Å²) in [5, 5.41) is 9.54. The molecule has 0 amide bonds. The molecule has 0 aliphatic rings. The van der Waals surface area contributed by atoms with Crippen LogP contribution in [0.1, 0.15) is 52.5 Å². The average Bonchev–Trinajstić information content (AvgIpc) is 2.12. The minimum absolute atomic E-state index is 0.320. The molecule has 0 aromatic heterocycles. The molecule has 1 unspecified atom stereocenters. The lowest BCUT2D eigenvalue weighted by Gasteiger charge is -2.29. The van der Waals surface area contributed by atoms with Gasteiger partial charge in [0.15, 0.2) is 0 Å². The van der Waals surface area contributed by atoms with E-state index in [4.69, 9.17) is 0 Å². The predicted octanol–water partition coefficient (Wildman–Crippen LogP) is 4.57. The van der Waals surface area contributed by atoms with Crippen LogP contribution in [0.3, 0.4) is 0 Å². The van der Waals surface area contributed by atoms with Crippen molar-refractivity contribution < 1.29 is 5.11 Å². The molecule has 1 N–H and O–H groups in total. The Morgan fingerprint density at radius 3 is 2.25 bits per heavy atom. The van der Waals surface area contributed by atoms with Gasteiger partial charge in [0, 0.05) is 0 Å². The van der Waals surface area contributed by atoms with Crippen LogP contribution >= 0.6 is 0 Å². The van der Waals surface area contributed by atoms with Crippen LogP contribution in [0.4, 0.5) is 0 Å². The van der Waals surface area contributed by atoms with E-state index in [1.807, 2.05) is 12.1 Å². The number of hydrogen-bond acceptors (Lipinski definition) is 1. The van der Waals surface area contributed by atoms with Crippen LogP contribution in [0.15, 0.2) is 24.3 Å². The zero-order chi connectivity index (χ0) is 12.3. The Labute approximate surface area is 99.5 Å². The summed E-state index contributed by atoms with van der Waals surface area (Å²) in [6.07, 6.45) is 1.15. The molecular formula is C15H24O. The van der Waals surface area contributed by atoms with E-state index in [9.17, 15) is 5.11 Å². The van der Waals surface area contributed by atoms with Crippen LogP contribution in [0.2, 0.25) is 0 Å². The van der Waals surface area contributed by atoms with Crippen molar-refractivity contribution in [3.8, 4) is 5.75 Å². The summed E-state index contributed by atoms with van der Waals surface area (Å²) in [4.78, 5) is 0. The maximum absolute atomic E-state index is 9.54. The minimum Gasteiger partial charge on any atom is -0.508 e. The third kappa shape index (κ3) is 3.88. The van der Waals surface area contributed by atoms with Gasteiger partial charge in [-0.15, -0.1) is 0 Å². The third-order valence-corrected chi connectivity index (χ3v) is 2.94. The van der Waals surface area contributed by atoms with Gasteiger partial charge in [0.05, 0.1) is 0 Å². The smallest absolute Gasteiger partial charge is 0.115 e. The zero-order valence-electron chi connectivity index (χ0n) is 11.1. The quantitative estimate of drug-likeness (QED) is 0.791. The Bertz CT molecular complexity index is 334. The van der Waals surface area contributed by atoms with Crippen LogP contribution in [-0.2, 0) is 0 Å². The van der Waals surface area contributed by atoms with Crippen molar-refractivity contribution in [2.24, 2.45) is 11.3 Å². The molecule has 0 aliphatic carbocycles. The second kappa shape index (κ2) is 4.90. The third-order valence-electron chi connectivity index (χ3n) is 2.94. The number of phenols is 1. The first-order valence-electron chi connectivity index (χ1n) is 6.08. The second-order valence-corrected chi connectivity index (χ2v) is 6.21. The molecule has 0 bridgehead atoms. The van der Waals surface area contributed by atoms with Gasteiger partial charge in [0.2, 0.25) is 0 Å². The highest BCUT2D eigenvalue weighted by atomic mass is 16.3. The highest BCUT2D eigenvalue weighted by Gasteiger charge is 2.23. The lowest BCUT2D eigenvalue weighted by molar-refractivity contribution is 0.300. The molecule has 16 heavy (non-hydrogen) atoms. The topological polar surface area (TPSA) is 20.2 Å². The molecule has 1 atom stereocenters. The van der Waals surface area contributed by atoms with Gasteiger partial charge in [-0.1, -0.05) is 46.8 Å². The zero-order valence-corrected chi connectivity index (χ0v) is 11.1. The van der Waals surface area contributed by atoms with Gasteiger partial charge in [-0.25, -0.2) is 0 Å². The van der Waals surface area contributed by atoms with E-state index in [1.165, 1.54) is 5.56 Å². The molecule has 90 valence electrons. The van der Waals surface area contributed by atoms with Gasteiger partial charge < -0.3 is 5.11 Å². The van der Waals surface area contributed by atoms with Crippen molar-refractivity contribution in [2.75, 3.05) is 0 Å². The van der Waals surface area contributed by atoms with E-state index < -0.39 is 0 Å². The van der Waals surface area contributed by atoms with E-state index in [1.54, 1.807) is 6.07 Å². The highest BCUT2D eigenvalue weighted by molar-refractivity contribution is 5.30. The number of hydrogen-bond donors (Lipinski definition) is 1. The van der Waals surface area contributed by atoms with Gasteiger partial charge in [0.1, 0.15) is 5.75 Å². The lowest BCUT2D eigenvalue weighted by Crippen LogP contribution is -2.16. The Kier molecular flexibility index (Phi) is 4.01. The summed E-state index contributed by atoms with van der Waals surface area (Å²) < 4.78 is 0. The van der Waals surface area contributed by atoms with Crippen molar-refractivity contribution in [2.45, 2.75) is 47.0 Å². The summed E-state index contributed by atoms with van der Waals surface area (Å²) in [5.41, 5.74) is 1.57. The van der Waals surface area contributed by atoms with Gasteiger partial charge in [-0.3, -0.25) is 0 Å². The maximum Gasteiger partial charge on any atom is 0.115 e. The number of benzene rings is 1. The molecule has 0 aliphatic heterocycles. The summed E-state index contributed by atoms with van der Waals surface area (Å²) in [6.45, 7) is 11.3. The van der Waals surface area contributed by atoms with E-state index in [-0.39, 0.29) is 0 Å². The van der Waals surface area contributed by atoms with Crippen LogP contribution in [0.5, 0.6) is 5.75 Å². The summed E-state index contributed by atoms with van der Waals surface area (Å²) in [7, 11) is 0. The summed E-state index contributed by atoms with van der Waals surface area (Å²) in [6, 6.07) is 7.69. The van der Waals surface area contributed by atoms with Crippen molar-refractivity contribution in [1.29, 1.82) is 0 Å². The fourth-order valence-corrected chi connectivity index (χ4v) is 2.15. The Balaban J connectivity index is 2.94. The molecule has 0 radical (unpaired) electrons. The van der Waals surface area contributed by atoms with Crippen molar-refractivity contribution >= 4 is 0 Å². The average molecular weight is 220 g/mol. The Hall–Kier alpha value is -0.980. The van der Waals surface area contributed by atoms with Crippen molar-refractivity contribution in [3.63, 3.8) is 0 Å². The fourth-order valence-electron chi connectivity index (χ4n) is 2.15. The van der Waals surface area contributed by atoms with Crippen molar-refractivity contribution in [3.05, 3.63) is 29.8 Å². The molecule has 0 fully saturated rings. The molecule has 1 aromatic rings. The first kappa shape index (κ1) is 13.1. The molecule has 0 heterocycles. The van der Waals surface area contributed by atoms with E-state index in [2.05, 4.69) is 40.7 Å². The molecule has 0 spiro atoms. The largest absolute Gasteiger partial charge is 0.508 e. The number of phenolic OH excluding ortho intramolecular Hbond substituents is 1. The molecule has 0 saturated carbocycles. The summed E-state index contributed by atoms with van der Waals surface area (Å²) >= 11 is 0. The number of aromatic hydroxyl groups is 1. The normalized spacial score (nSPS) is 14.1. The molecular weight excluding hydrogens is 196 g/mol. The van der Waals surface area contributed by atoms with Gasteiger partial charge in [-0.05, 0) is 41.4 Å². The van der Waals surface area contributed by atoms with Crippen LogP contribution in [0.25, 0.3) is 0 Å². The van der Waals surface area contributed by atoms with Gasteiger partial charge in [0.25, 0.3) is 0 Å². The number of rotatable bonds is 3. The SMILES string of the molecule is CC(C)C(CC(C)(C)C)c1cccc(O)c1. The highest BCUT2D eigenvalue weighted by Crippen LogP contribution is 2.36. The summed E-state index contributed by atoms with van der Waals surface area (Å²) in [5.74, 6) is 1.49. The molecule has 1 rings (SSSR count). The minimum atomic E-state index is 0.320. The second-order valence-electron chi connectivity index (χ2n) is 6.21. The molecule has 1 heteroatoms. The Morgan fingerprint density at radius 2 is 1.81 bits per heavy atom. The fraction of sp³-hybridized carbons (Fsp3) is 0.600. The first-order chi connectivity index (χ1) is 7.29. The standard InChI is InChI=1S/C15H24O/c1-11(2)14(10-15(3,4)5)12-7-6-8-13(16)9-12/h6-9,11,14,16H,10H2,1-5H3. The van der Waals surface area contributed by atoms with Crippen LogP contribution < -0.4 is 0 Å². The predicted molar refractivity (Wildman–Crippen MR) is 69.8 cm³/mol. The lowest BCUT2D eigenvalue weighted by atomic mass is 9.76. The van der Waals surface area contributed by atoms with Crippen molar-refractivity contribution in [1.82, 2.24) is 0 Å². The molecule has 1 nitrogen and oxygen atoms in total. The van der Waals surface area contributed by atoms with Crippen LogP contribution in [0, 0.1) is 11.3 Å². The van der Waals surface area contributed by atoms with Gasteiger partial charge >= 0.3 is 0 Å². The van der Waals surface area contributed by atoms with E-state index in [0.29, 0.717) is 23.0 Å². The Morgan fingerprint density at radius 1 is 1.19 bits per heavy atom. The van der Waals surface area contributed by atoms with Crippen LogP contribution in [-0.4, -0.2) is 5.11 Å². The van der Waals surface area contributed by atoms with Gasteiger partial charge in [-0.2, -0.15) is 0 Å². The monoisotopic (exact) mass is 220 g/mol.